The lowest BCUT2D eigenvalue weighted by atomic mass is 10.0. The molecule has 1 aromatic carbocycles. The quantitative estimate of drug-likeness (QED) is 0.871. The minimum atomic E-state index is 0.109. The van der Waals surface area contributed by atoms with E-state index in [1.165, 1.54) is 5.56 Å². The van der Waals surface area contributed by atoms with Crippen LogP contribution in [0.3, 0.4) is 0 Å². The van der Waals surface area contributed by atoms with Crippen LogP contribution in [0.5, 0.6) is 5.75 Å². The summed E-state index contributed by atoms with van der Waals surface area (Å²) in [6, 6.07) is 3.96. The number of amides is 1. The highest BCUT2D eigenvalue weighted by molar-refractivity contribution is 5.76. The molecule has 0 radical (unpaired) electrons. The molecule has 0 saturated heterocycles. The Bertz CT molecular complexity index is 425. The van der Waals surface area contributed by atoms with Gasteiger partial charge in [0.25, 0.3) is 0 Å². The van der Waals surface area contributed by atoms with Crippen molar-refractivity contribution in [1.82, 2.24) is 5.32 Å². The largest absolute Gasteiger partial charge is 0.496 e. The fourth-order valence-corrected chi connectivity index (χ4v) is 1.90. The molecule has 0 heterocycles. The Morgan fingerprint density at radius 1 is 1.28 bits per heavy atom. The normalized spacial score (nSPS) is 10.6. The number of hydrogen-bond acceptors (Lipinski definition) is 2. The molecule has 0 unspecified atom stereocenters. The van der Waals surface area contributed by atoms with Gasteiger partial charge < -0.3 is 10.1 Å². The average molecular weight is 249 g/mol. The molecule has 0 spiro atoms. The van der Waals surface area contributed by atoms with E-state index in [1.54, 1.807) is 7.11 Å². The molecule has 0 aliphatic carbocycles. The fourth-order valence-electron chi connectivity index (χ4n) is 1.90. The molecule has 0 aliphatic rings. The van der Waals surface area contributed by atoms with E-state index < -0.39 is 0 Å². The van der Waals surface area contributed by atoms with Gasteiger partial charge in [-0.25, -0.2) is 0 Å². The highest BCUT2D eigenvalue weighted by Gasteiger charge is 2.08. The van der Waals surface area contributed by atoms with Gasteiger partial charge in [-0.1, -0.05) is 19.9 Å². The van der Waals surface area contributed by atoms with Crippen LogP contribution in [0.15, 0.2) is 12.1 Å². The molecule has 0 aliphatic heterocycles. The number of carbonyl (C=O) groups excluding carboxylic acids is 1. The molecule has 0 bridgehead atoms. The van der Waals surface area contributed by atoms with Crippen molar-refractivity contribution in [3.8, 4) is 5.75 Å². The van der Waals surface area contributed by atoms with Crippen LogP contribution in [0.2, 0.25) is 0 Å². The van der Waals surface area contributed by atoms with Crippen molar-refractivity contribution >= 4 is 5.91 Å². The Labute approximate surface area is 110 Å². The van der Waals surface area contributed by atoms with Crippen molar-refractivity contribution in [3.63, 3.8) is 0 Å². The third-order valence-electron chi connectivity index (χ3n) is 3.14. The molecule has 0 saturated carbocycles. The van der Waals surface area contributed by atoms with Gasteiger partial charge in [0.1, 0.15) is 5.75 Å². The van der Waals surface area contributed by atoms with Crippen LogP contribution < -0.4 is 10.1 Å². The van der Waals surface area contributed by atoms with Gasteiger partial charge in [0.2, 0.25) is 5.91 Å². The van der Waals surface area contributed by atoms with Crippen LogP contribution in [-0.2, 0) is 11.3 Å². The third-order valence-corrected chi connectivity index (χ3v) is 3.14. The fraction of sp³-hybridized carbons (Fsp3) is 0.533. The van der Waals surface area contributed by atoms with Crippen LogP contribution >= 0.6 is 0 Å². The van der Waals surface area contributed by atoms with E-state index in [9.17, 15) is 4.79 Å². The van der Waals surface area contributed by atoms with Crippen molar-refractivity contribution < 1.29 is 9.53 Å². The summed E-state index contributed by atoms with van der Waals surface area (Å²) in [6.45, 7) is 8.77. The molecule has 3 heteroatoms. The molecule has 3 nitrogen and oxygen atoms in total. The van der Waals surface area contributed by atoms with Gasteiger partial charge in [-0.05, 0) is 42.5 Å². The second kappa shape index (κ2) is 6.43. The molecule has 100 valence electrons. The summed E-state index contributed by atoms with van der Waals surface area (Å²) in [5.41, 5.74) is 3.46. The number of hydrogen-bond donors (Lipinski definition) is 1. The summed E-state index contributed by atoms with van der Waals surface area (Å²) in [6.07, 6.45) is 0.578. The minimum absolute atomic E-state index is 0.109. The number of carbonyl (C=O) groups is 1. The van der Waals surface area contributed by atoms with Crippen LogP contribution in [0.4, 0.5) is 0 Å². The molecule has 1 rings (SSSR count). The third kappa shape index (κ3) is 3.76. The zero-order valence-corrected chi connectivity index (χ0v) is 12.0. The highest BCUT2D eigenvalue weighted by atomic mass is 16.5. The lowest BCUT2D eigenvalue weighted by Gasteiger charge is -2.13. The zero-order valence-electron chi connectivity index (χ0n) is 12.0. The van der Waals surface area contributed by atoms with E-state index in [1.807, 2.05) is 32.9 Å². The van der Waals surface area contributed by atoms with Crippen molar-refractivity contribution in [2.75, 3.05) is 7.11 Å². The Hall–Kier alpha value is -1.51. The average Bonchev–Trinajstić information content (AvgIpc) is 2.30. The highest BCUT2D eigenvalue weighted by Crippen LogP contribution is 2.23. The molecular formula is C15H23NO2. The van der Waals surface area contributed by atoms with E-state index in [4.69, 9.17) is 4.74 Å². The maximum Gasteiger partial charge on any atom is 0.220 e. The van der Waals surface area contributed by atoms with Crippen LogP contribution in [-0.4, -0.2) is 13.0 Å². The van der Waals surface area contributed by atoms with Crippen LogP contribution in [0.1, 0.15) is 37.0 Å². The predicted octanol–water partition coefficient (Wildman–Crippen LogP) is 2.97. The number of nitrogens with one attached hydrogen (secondary N) is 1. The minimum Gasteiger partial charge on any atom is -0.496 e. The number of benzene rings is 1. The van der Waals surface area contributed by atoms with Crippen molar-refractivity contribution in [2.45, 2.75) is 40.7 Å². The lowest BCUT2D eigenvalue weighted by molar-refractivity contribution is -0.121. The summed E-state index contributed by atoms with van der Waals surface area (Å²) >= 11 is 0. The zero-order chi connectivity index (χ0) is 13.7. The summed E-state index contributed by atoms with van der Waals surface area (Å²) in [5, 5.41) is 2.96. The Balaban J connectivity index is 2.69. The van der Waals surface area contributed by atoms with Gasteiger partial charge in [-0.2, -0.15) is 0 Å². The molecule has 1 amide bonds. The SMILES string of the molecule is COc1ccc(CNC(=O)CC(C)C)c(C)c1C. The van der Waals surface area contributed by atoms with Crippen molar-refractivity contribution in [3.05, 3.63) is 28.8 Å². The van der Waals surface area contributed by atoms with Gasteiger partial charge in [-0.15, -0.1) is 0 Å². The first-order valence-electron chi connectivity index (χ1n) is 6.35. The van der Waals surface area contributed by atoms with E-state index in [-0.39, 0.29) is 5.91 Å². The maximum atomic E-state index is 11.6. The van der Waals surface area contributed by atoms with E-state index in [0.29, 0.717) is 18.9 Å². The van der Waals surface area contributed by atoms with E-state index >= 15 is 0 Å². The molecule has 1 N–H and O–H groups in total. The molecule has 0 fully saturated rings. The Morgan fingerprint density at radius 3 is 2.50 bits per heavy atom. The van der Waals surface area contributed by atoms with Crippen molar-refractivity contribution in [2.24, 2.45) is 5.92 Å². The Kier molecular flexibility index (Phi) is 5.20. The summed E-state index contributed by atoms with van der Waals surface area (Å²) in [7, 11) is 1.67. The summed E-state index contributed by atoms with van der Waals surface area (Å²) < 4.78 is 5.27. The topological polar surface area (TPSA) is 38.3 Å². The van der Waals surface area contributed by atoms with Crippen LogP contribution in [0, 0.1) is 19.8 Å². The monoisotopic (exact) mass is 249 g/mol. The second-order valence-electron chi connectivity index (χ2n) is 5.05. The van der Waals surface area contributed by atoms with Gasteiger partial charge in [-0.3, -0.25) is 4.79 Å². The molecule has 0 atom stereocenters. The van der Waals surface area contributed by atoms with Crippen LogP contribution in [0.25, 0.3) is 0 Å². The number of methoxy groups -OCH3 is 1. The van der Waals surface area contributed by atoms with E-state index in [0.717, 1.165) is 16.9 Å². The van der Waals surface area contributed by atoms with Gasteiger partial charge in [0.15, 0.2) is 0 Å². The first-order chi connectivity index (χ1) is 8.45. The first-order valence-corrected chi connectivity index (χ1v) is 6.35. The maximum absolute atomic E-state index is 11.6. The molecule has 0 aromatic heterocycles. The molecular weight excluding hydrogens is 226 g/mol. The number of rotatable bonds is 5. The predicted molar refractivity (Wildman–Crippen MR) is 73.8 cm³/mol. The van der Waals surface area contributed by atoms with Gasteiger partial charge >= 0.3 is 0 Å². The Morgan fingerprint density at radius 2 is 1.94 bits per heavy atom. The lowest BCUT2D eigenvalue weighted by Crippen LogP contribution is -2.24. The smallest absolute Gasteiger partial charge is 0.220 e. The van der Waals surface area contributed by atoms with Gasteiger partial charge in [0.05, 0.1) is 7.11 Å². The summed E-state index contributed by atoms with van der Waals surface area (Å²) in [5.74, 6) is 1.39. The second-order valence-corrected chi connectivity index (χ2v) is 5.05. The molecule has 1 aromatic rings. The molecule has 18 heavy (non-hydrogen) atoms. The van der Waals surface area contributed by atoms with Gasteiger partial charge in [0, 0.05) is 13.0 Å². The summed E-state index contributed by atoms with van der Waals surface area (Å²) in [4.78, 5) is 11.6. The number of ether oxygens (including phenoxy) is 1. The standard InChI is InChI=1S/C15H23NO2/c1-10(2)8-15(17)16-9-13-6-7-14(18-5)12(4)11(13)3/h6-7,10H,8-9H2,1-5H3,(H,16,17). The van der Waals surface area contributed by atoms with E-state index in [2.05, 4.69) is 12.2 Å². The first kappa shape index (κ1) is 14.6. The van der Waals surface area contributed by atoms with Crippen molar-refractivity contribution in [1.29, 1.82) is 0 Å².